The third-order valence-electron chi connectivity index (χ3n) is 4.46. The standard InChI is InChI=1S/C21H20ClN5O2S2/c1-3-29-20(28)24-19-25-26-21(31-19)30-13(2)18-23-16-11-15(22)9-10-17(16)27(18)12-14-7-5-4-6-8-14/h4-11,13H,3,12H2,1-2H3,(H,24,25,28). The molecule has 4 rings (SSSR count). The fraction of sp³-hybridized carbons (Fsp3) is 0.238. The lowest BCUT2D eigenvalue weighted by Crippen LogP contribution is -2.12. The number of ether oxygens (including phenoxy) is 1. The van der Waals surface area contributed by atoms with Crippen molar-refractivity contribution in [2.45, 2.75) is 30.0 Å². The van der Waals surface area contributed by atoms with Crippen LogP contribution in [0, 0.1) is 0 Å². The molecule has 0 fully saturated rings. The number of anilines is 1. The molecule has 1 N–H and O–H groups in total. The molecule has 2 aromatic carbocycles. The van der Waals surface area contributed by atoms with Gasteiger partial charge in [0.25, 0.3) is 0 Å². The molecule has 10 heteroatoms. The number of amides is 1. The molecule has 0 saturated heterocycles. The zero-order valence-corrected chi connectivity index (χ0v) is 19.3. The first-order valence-corrected chi connectivity index (χ1v) is 11.7. The van der Waals surface area contributed by atoms with E-state index in [1.165, 1.54) is 28.7 Å². The molecule has 1 amide bonds. The first kappa shape index (κ1) is 21.6. The van der Waals surface area contributed by atoms with Crippen LogP contribution in [0.1, 0.15) is 30.5 Å². The number of carbonyl (C=O) groups excluding carboxylic acids is 1. The van der Waals surface area contributed by atoms with Crippen molar-refractivity contribution in [3.63, 3.8) is 0 Å². The van der Waals surface area contributed by atoms with Crippen LogP contribution in [0.25, 0.3) is 11.0 Å². The Morgan fingerprint density at radius 3 is 2.84 bits per heavy atom. The summed E-state index contributed by atoms with van der Waals surface area (Å²) < 4.78 is 7.82. The Morgan fingerprint density at radius 1 is 1.26 bits per heavy atom. The Morgan fingerprint density at radius 2 is 2.06 bits per heavy atom. The summed E-state index contributed by atoms with van der Waals surface area (Å²) >= 11 is 9.04. The number of benzene rings is 2. The van der Waals surface area contributed by atoms with Gasteiger partial charge >= 0.3 is 6.09 Å². The largest absolute Gasteiger partial charge is 0.450 e. The van der Waals surface area contributed by atoms with E-state index in [1.54, 1.807) is 6.92 Å². The van der Waals surface area contributed by atoms with E-state index in [-0.39, 0.29) is 5.25 Å². The molecule has 0 aliphatic heterocycles. The summed E-state index contributed by atoms with van der Waals surface area (Å²) in [5.74, 6) is 0.918. The quantitative estimate of drug-likeness (QED) is 0.261. The molecule has 2 heterocycles. The summed E-state index contributed by atoms with van der Waals surface area (Å²) in [6.07, 6.45) is -0.537. The van der Waals surface area contributed by atoms with Crippen molar-refractivity contribution in [3.8, 4) is 0 Å². The number of hydrogen-bond donors (Lipinski definition) is 1. The number of aromatic nitrogens is 4. The van der Waals surface area contributed by atoms with Crippen molar-refractivity contribution in [1.82, 2.24) is 19.7 Å². The molecular formula is C21H20ClN5O2S2. The maximum Gasteiger partial charge on any atom is 0.413 e. The molecule has 0 saturated carbocycles. The molecule has 0 radical (unpaired) electrons. The van der Waals surface area contributed by atoms with Gasteiger partial charge in [0, 0.05) is 11.6 Å². The minimum Gasteiger partial charge on any atom is -0.450 e. The van der Waals surface area contributed by atoms with Crippen LogP contribution in [0.5, 0.6) is 0 Å². The third-order valence-corrected chi connectivity index (χ3v) is 6.71. The predicted octanol–water partition coefficient (Wildman–Crippen LogP) is 6.01. The molecule has 7 nitrogen and oxygen atoms in total. The Balaban J connectivity index is 1.60. The highest BCUT2D eigenvalue weighted by Gasteiger charge is 2.20. The molecule has 0 spiro atoms. The Hall–Kier alpha value is -2.62. The molecule has 0 aliphatic carbocycles. The molecule has 160 valence electrons. The van der Waals surface area contributed by atoms with E-state index < -0.39 is 6.09 Å². The number of nitrogens with one attached hydrogen (secondary N) is 1. The number of rotatable bonds is 7. The number of thioether (sulfide) groups is 1. The first-order valence-electron chi connectivity index (χ1n) is 9.67. The second-order valence-electron chi connectivity index (χ2n) is 6.65. The lowest BCUT2D eigenvalue weighted by atomic mass is 10.2. The van der Waals surface area contributed by atoms with Gasteiger partial charge in [0.2, 0.25) is 5.13 Å². The summed E-state index contributed by atoms with van der Waals surface area (Å²) in [6, 6.07) is 16.0. The average Bonchev–Trinajstić information content (AvgIpc) is 3.33. The summed E-state index contributed by atoms with van der Waals surface area (Å²) in [4.78, 5) is 16.5. The highest BCUT2D eigenvalue weighted by Crippen LogP contribution is 2.38. The minimum atomic E-state index is -0.537. The smallest absolute Gasteiger partial charge is 0.413 e. The van der Waals surface area contributed by atoms with Gasteiger partial charge in [0.1, 0.15) is 5.82 Å². The van der Waals surface area contributed by atoms with Crippen molar-refractivity contribution < 1.29 is 9.53 Å². The number of fused-ring (bicyclic) bond motifs is 1. The molecule has 0 aliphatic rings. The molecule has 4 aromatic rings. The van der Waals surface area contributed by atoms with Crippen molar-refractivity contribution in [2.75, 3.05) is 11.9 Å². The average molecular weight is 474 g/mol. The SMILES string of the molecule is CCOC(=O)Nc1nnc(SC(C)c2nc3cc(Cl)ccc3n2Cc2ccccc2)s1. The summed E-state index contributed by atoms with van der Waals surface area (Å²) in [7, 11) is 0. The van der Waals surface area contributed by atoms with Crippen LogP contribution in [0.15, 0.2) is 52.9 Å². The highest BCUT2D eigenvalue weighted by molar-refractivity contribution is 8.01. The Bertz CT molecular complexity index is 1200. The van der Waals surface area contributed by atoms with Crippen LogP contribution in [0.4, 0.5) is 9.93 Å². The minimum absolute atomic E-state index is 0.00159. The van der Waals surface area contributed by atoms with Crippen LogP contribution in [-0.4, -0.2) is 32.4 Å². The summed E-state index contributed by atoms with van der Waals surface area (Å²) in [5, 5.41) is 11.8. The van der Waals surface area contributed by atoms with Gasteiger partial charge in [0.05, 0.1) is 22.9 Å². The zero-order valence-electron chi connectivity index (χ0n) is 16.9. The fourth-order valence-corrected chi connectivity index (χ4v) is 5.30. The third kappa shape index (κ3) is 5.17. The molecular weight excluding hydrogens is 454 g/mol. The van der Waals surface area contributed by atoms with E-state index in [9.17, 15) is 4.79 Å². The van der Waals surface area contributed by atoms with E-state index in [0.717, 1.165) is 21.2 Å². The van der Waals surface area contributed by atoms with E-state index in [1.807, 2.05) is 36.4 Å². The Labute approximate surface area is 192 Å². The van der Waals surface area contributed by atoms with E-state index in [4.69, 9.17) is 21.3 Å². The summed E-state index contributed by atoms with van der Waals surface area (Å²) in [6.45, 7) is 4.82. The fourth-order valence-electron chi connectivity index (χ4n) is 3.13. The van der Waals surface area contributed by atoms with Gasteiger partial charge in [-0.15, -0.1) is 10.2 Å². The van der Waals surface area contributed by atoms with Crippen molar-refractivity contribution in [3.05, 3.63) is 64.9 Å². The van der Waals surface area contributed by atoms with Gasteiger partial charge in [-0.2, -0.15) is 0 Å². The molecule has 2 aromatic heterocycles. The van der Waals surface area contributed by atoms with Crippen LogP contribution >= 0.6 is 34.7 Å². The van der Waals surface area contributed by atoms with Gasteiger partial charge in [0.15, 0.2) is 4.34 Å². The second-order valence-corrected chi connectivity index (χ2v) is 9.66. The lowest BCUT2D eigenvalue weighted by molar-refractivity contribution is 0.168. The maximum atomic E-state index is 11.6. The normalized spacial score (nSPS) is 12.1. The molecule has 1 unspecified atom stereocenters. The van der Waals surface area contributed by atoms with E-state index >= 15 is 0 Å². The number of nitrogens with zero attached hydrogens (tertiary/aromatic N) is 4. The molecule has 1 atom stereocenters. The summed E-state index contributed by atoms with van der Waals surface area (Å²) in [5.41, 5.74) is 3.07. The number of hydrogen-bond acceptors (Lipinski definition) is 7. The molecule has 0 bridgehead atoms. The topological polar surface area (TPSA) is 81.9 Å². The van der Waals surface area contributed by atoms with Crippen LogP contribution in [-0.2, 0) is 11.3 Å². The maximum absolute atomic E-state index is 11.6. The van der Waals surface area contributed by atoms with Gasteiger partial charge in [-0.1, -0.05) is 65.0 Å². The van der Waals surface area contributed by atoms with E-state index in [2.05, 4.69) is 39.1 Å². The monoisotopic (exact) mass is 473 g/mol. The second kappa shape index (κ2) is 9.67. The number of carbonyl (C=O) groups is 1. The lowest BCUT2D eigenvalue weighted by Gasteiger charge is -2.13. The van der Waals surface area contributed by atoms with Crippen LogP contribution in [0.3, 0.4) is 0 Å². The van der Waals surface area contributed by atoms with Crippen molar-refractivity contribution in [2.24, 2.45) is 0 Å². The zero-order chi connectivity index (χ0) is 21.8. The predicted molar refractivity (Wildman–Crippen MR) is 125 cm³/mol. The Kier molecular flexibility index (Phi) is 6.74. The van der Waals surface area contributed by atoms with Crippen LogP contribution in [0.2, 0.25) is 5.02 Å². The van der Waals surface area contributed by atoms with Gasteiger partial charge < -0.3 is 9.30 Å². The van der Waals surface area contributed by atoms with Gasteiger partial charge in [-0.3, -0.25) is 5.32 Å². The number of halogens is 1. The van der Waals surface area contributed by atoms with Crippen molar-refractivity contribution in [1.29, 1.82) is 0 Å². The van der Waals surface area contributed by atoms with Crippen molar-refractivity contribution >= 4 is 57.0 Å². The first-order chi connectivity index (χ1) is 15.0. The molecule has 31 heavy (non-hydrogen) atoms. The van der Waals surface area contributed by atoms with Crippen LogP contribution < -0.4 is 5.32 Å². The number of imidazole rings is 1. The van der Waals surface area contributed by atoms with E-state index in [0.29, 0.717) is 23.3 Å². The highest BCUT2D eigenvalue weighted by atomic mass is 35.5. The van der Waals surface area contributed by atoms with Gasteiger partial charge in [-0.05, 0) is 37.6 Å². The van der Waals surface area contributed by atoms with Gasteiger partial charge in [-0.25, -0.2) is 9.78 Å².